The molecule has 0 heterocycles. The molecule has 0 bridgehead atoms. The van der Waals surface area contributed by atoms with Gasteiger partial charge in [-0.3, -0.25) is 0 Å². The predicted octanol–water partition coefficient (Wildman–Crippen LogP) is 4.86. The molecule has 1 aromatic carbocycles. The van der Waals surface area contributed by atoms with Crippen LogP contribution in [0.1, 0.15) is 51.1 Å². The van der Waals surface area contributed by atoms with Gasteiger partial charge in [0.05, 0.1) is 6.61 Å². The maximum atomic E-state index is 12.3. The van der Waals surface area contributed by atoms with Crippen LogP contribution in [0.2, 0.25) is 0 Å². The average molecular weight is 303 g/mol. The topological polar surface area (TPSA) is 21.3 Å². The summed E-state index contributed by atoms with van der Waals surface area (Å²) in [5.74, 6) is 0.783. The Morgan fingerprint density at radius 3 is 2.33 bits per heavy atom. The van der Waals surface area contributed by atoms with Gasteiger partial charge in [0.2, 0.25) is 0 Å². The molecule has 0 aromatic heterocycles. The maximum absolute atomic E-state index is 12.3. The molecule has 1 unspecified atom stereocenters. The van der Waals surface area contributed by atoms with Crippen LogP contribution in [0.4, 0.5) is 13.2 Å². The van der Waals surface area contributed by atoms with Gasteiger partial charge in [0.15, 0.2) is 0 Å². The van der Waals surface area contributed by atoms with Gasteiger partial charge < -0.3 is 10.1 Å². The van der Waals surface area contributed by atoms with E-state index < -0.39 is 12.6 Å². The maximum Gasteiger partial charge on any atom is 0.389 e. The van der Waals surface area contributed by atoms with Gasteiger partial charge in [-0.2, -0.15) is 13.2 Å². The lowest BCUT2D eigenvalue weighted by atomic mass is 10.0. The molecule has 0 aliphatic heterocycles. The highest BCUT2D eigenvalue weighted by molar-refractivity contribution is 5.29. The average Bonchev–Trinajstić information content (AvgIpc) is 2.43. The molecular formula is C16H24F3NO. The van der Waals surface area contributed by atoms with E-state index in [-0.39, 0.29) is 12.5 Å². The van der Waals surface area contributed by atoms with Crippen molar-refractivity contribution in [1.29, 1.82) is 0 Å². The van der Waals surface area contributed by atoms with E-state index >= 15 is 0 Å². The van der Waals surface area contributed by atoms with Gasteiger partial charge in [0.1, 0.15) is 5.75 Å². The minimum Gasteiger partial charge on any atom is -0.494 e. The van der Waals surface area contributed by atoms with Crippen LogP contribution in [0.3, 0.4) is 0 Å². The molecule has 0 amide bonds. The Morgan fingerprint density at radius 2 is 1.81 bits per heavy atom. The molecule has 0 aliphatic carbocycles. The van der Waals surface area contributed by atoms with Gasteiger partial charge in [-0.15, -0.1) is 0 Å². The Labute approximate surface area is 124 Å². The first-order chi connectivity index (χ1) is 9.96. The normalized spacial score (nSPS) is 13.2. The van der Waals surface area contributed by atoms with E-state index in [2.05, 4.69) is 5.32 Å². The Kier molecular flexibility index (Phi) is 7.57. The zero-order chi connectivity index (χ0) is 15.7. The molecule has 0 radical (unpaired) electrons. The second-order valence-electron chi connectivity index (χ2n) is 5.02. The van der Waals surface area contributed by atoms with E-state index in [1.165, 1.54) is 0 Å². The zero-order valence-electron chi connectivity index (χ0n) is 12.7. The monoisotopic (exact) mass is 303 g/mol. The molecule has 0 fully saturated rings. The van der Waals surface area contributed by atoms with Gasteiger partial charge in [-0.05, 0) is 50.4 Å². The summed E-state index contributed by atoms with van der Waals surface area (Å²) in [6.45, 7) is 5.35. The van der Waals surface area contributed by atoms with Crippen molar-refractivity contribution in [1.82, 2.24) is 5.32 Å². The largest absolute Gasteiger partial charge is 0.494 e. The minimum absolute atomic E-state index is 0.0389. The summed E-state index contributed by atoms with van der Waals surface area (Å²) in [5.41, 5.74) is 1.01. The van der Waals surface area contributed by atoms with Gasteiger partial charge in [-0.1, -0.05) is 19.1 Å². The minimum atomic E-state index is -4.08. The van der Waals surface area contributed by atoms with Crippen molar-refractivity contribution in [3.05, 3.63) is 29.8 Å². The van der Waals surface area contributed by atoms with Crippen molar-refractivity contribution in [3.8, 4) is 5.75 Å². The van der Waals surface area contributed by atoms with Crippen LogP contribution in [0, 0.1) is 0 Å². The molecule has 5 heteroatoms. The van der Waals surface area contributed by atoms with Crippen molar-refractivity contribution < 1.29 is 17.9 Å². The predicted molar refractivity (Wildman–Crippen MR) is 78.6 cm³/mol. The third-order valence-electron chi connectivity index (χ3n) is 3.19. The number of benzene rings is 1. The molecule has 0 spiro atoms. The molecule has 120 valence electrons. The molecule has 0 aliphatic rings. The molecular weight excluding hydrogens is 279 g/mol. The van der Waals surface area contributed by atoms with Gasteiger partial charge >= 0.3 is 6.18 Å². The molecule has 1 atom stereocenters. The summed E-state index contributed by atoms with van der Waals surface area (Å²) < 4.78 is 42.2. The highest BCUT2D eigenvalue weighted by Crippen LogP contribution is 2.27. The smallest absolute Gasteiger partial charge is 0.389 e. The van der Waals surface area contributed by atoms with E-state index in [0.29, 0.717) is 13.0 Å². The number of hydrogen-bond acceptors (Lipinski definition) is 2. The second kappa shape index (κ2) is 8.93. The summed E-state index contributed by atoms with van der Waals surface area (Å²) >= 11 is 0. The second-order valence-corrected chi connectivity index (χ2v) is 5.02. The lowest BCUT2D eigenvalue weighted by molar-refractivity contribution is -0.135. The van der Waals surface area contributed by atoms with Crippen LogP contribution in [0.5, 0.6) is 5.75 Å². The summed E-state index contributed by atoms with van der Waals surface area (Å²) in [7, 11) is 0. The third-order valence-corrected chi connectivity index (χ3v) is 3.19. The van der Waals surface area contributed by atoms with Crippen molar-refractivity contribution in [2.75, 3.05) is 13.2 Å². The summed E-state index contributed by atoms with van der Waals surface area (Å²) in [5, 5.41) is 3.32. The van der Waals surface area contributed by atoms with E-state index in [9.17, 15) is 13.2 Å². The number of alkyl halides is 3. The van der Waals surface area contributed by atoms with Crippen LogP contribution >= 0.6 is 0 Å². The molecule has 1 rings (SSSR count). The molecule has 1 aromatic rings. The Morgan fingerprint density at radius 1 is 1.14 bits per heavy atom. The Balaban J connectivity index is 2.62. The van der Waals surface area contributed by atoms with Crippen LogP contribution in [-0.2, 0) is 0 Å². The summed E-state index contributed by atoms with van der Waals surface area (Å²) in [4.78, 5) is 0. The van der Waals surface area contributed by atoms with E-state index in [4.69, 9.17) is 4.74 Å². The number of rotatable bonds is 9. The van der Waals surface area contributed by atoms with Gasteiger partial charge in [0, 0.05) is 12.5 Å². The fourth-order valence-corrected chi connectivity index (χ4v) is 2.17. The number of hydrogen-bond donors (Lipinski definition) is 1. The fourth-order valence-electron chi connectivity index (χ4n) is 2.17. The fraction of sp³-hybridized carbons (Fsp3) is 0.625. The highest BCUT2D eigenvalue weighted by Gasteiger charge is 2.26. The molecule has 0 saturated heterocycles. The lowest BCUT2D eigenvalue weighted by Gasteiger charge is -2.20. The standard InChI is InChI=1S/C16H24F3NO/c1-3-12-20-15(6-5-11-16(17,18)19)13-7-9-14(10-8-13)21-4-2/h7-10,15,20H,3-6,11-12H2,1-2H3. The molecule has 0 saturated carbocycles. The van der Waals surface area contributed by atoms with E-state index in [1.807, 2.05) is 38.1 Å². The highest BCUT2D eigenvalue weighted by atomic mass is 19.4. The first kappa shape index (κ1) is 17.8. The van der Waals surface area contributed by atoms with Gasteiger partial charge in [0.25, 0.3) is 0 Å². The first-order valence-electron chi connectivity index (χ1n) is 7.49. The van der Waals surface area contributed by atoms with Crippen molar-refractivity contribution in [3.63, 3.8) is 0 Å². The third kappa shape index (κ3) is 7.37. The van der Waals surface area contributed by atoms with E-state index in [0.717, 1.165) is 24.3 Å². The van der Waals surface area contributed by atoms with Crippen LogP contribution in [0.25, 0.3) is 0 Å². The van der Waals surface area contributed by atoms with Crippen molar-refractivity contribution >= 4 is 0 Å². The Bertz CT molecular complexity index is 390. The Hall–Kier alpha value is -1.23. The van der Waals surface area contributed by atoms with E-state index in [1.54, 1.807) is 0 Å². The first-order valence-corrected chi connectivity index (χ1v) is 7.49. The summed E-state index contributed by atoms with van der Waals surface area (Å²) in [6, 6.07) is 7.53. The van der Waals surface area contributed by atoms with Crippen molar-refractivity contribution in [2.24, 2.45) is 0 Å². The SMILES string of the molecule is CCCNC(CCCC(F)(F)F)c1ccc(OCC)cc1. The zero-order valence-corrected chi connectivity index (χ0v) is 12.7. The number of nitrogens with one attached hydrogen (secondary N) is 1. The number of halogens is 3. The quantitative estimate of drug-likeness (QED) is 0.703. The lowest BCUT2D eigenvalue weighted by Crippen LogP contribution is -2.22. The summed E-state index contributed by atoms with van der Waals surface area (Å²) in [6.07, 6.45) is -3.24. The van der Waals surface area contributed by atoms with Crippen molar-refractivity contribution in [2.45, 2.75) is 51.7 Å². The molecule has 21 heavy (non-hydrogen) atoms. The van der Waals surface area contributed by atoms with Crippen LogP contribution < -0.4 is 10.1 Å². The molecule has 1 N–H and O–H groups in total. The van der Waals surface area contributed by atoms with Crippen LogP contribution in [0.15, 0.2) is 24.3 Å². The molecule has 2 nitrogen and oxygen atoms in total. The van der Waals surface area contributed by atoms with Gasteiger partial charge in [-0.25, -0.2) is 0 Å². The van der Waals surface area contributed by atoms with Crippen LogP contribution in [-0.4, -0.2) is 19.3 Å². The number of ether oxygens (including phenoxy) is 1.